The van der Waals surface area contributed by atoms with Gasteiger partial charge >= 0.3 is 0 Å². The van der Waals surface area contributed by atoms with Crippen molar-refractivity contribution in [2.75, 3.05) is 0 Å². The van der Waals surface area contributed by atoms with Gasteiger partial charge < -0.3 is 4.98 Å². The summed E-state index contributed by atoms with van der Waals surface area (Å²) in [5, 5.41) is 1.05. The fourth-order valence-electron chi connectivity index (χ4n) is 2.15. The Morgan fingerprint density at radius 3 is 2.44 bits per heavy atom. The third kappa shape index (κ3) is 1.63. The minimum atomic E-state index is 0.553. The molecule has 0 unspecified atom stereocenters. The molecule has 86 valence electrons. The van der Waals surface area contributed by atoms with Crippen molar-refractivity contribution in [1.29, 1.82) is 0 Å². The van der Waals surface area contributed by atoms with Gasteiger partial charge in [-0.3, -0.25) is 0 Å². The Hall–Kier alpha value is -2.64. The van der Waals surface area contributed by atoms with Gasteiger partial charge in [0.25, 0.3) is 0 Å². The van der Waals surface area contributed by atoms with Crippen molar-refractivity contribution in [1.82, 2.24) is 4.98 Å². The van der Waals surface area contributed by atoms with Crippen molar-refractivity contribution in [2.24, 2.45) is 4.99 Å². The molecule has 0 aliphatic rings. The highest BCUT2D eigenvalue weighted by molar-refractivity contribution is 6.01. The summed E-state index contributed by atoms with van der Waals surface area (Å²) >= 11 is 0. The zero-order valence-corrected chi connectivity index (χ0v) is 9.55. The van der Waals surface area contributed by atoms with Gasteiger partial charge in [-0.05, 0) is 11.6 Å². The smallest absolute Gasteiger partial charge is 0.242 e. The lowest BCUT2D eigenvalue weighted by atomic mass is 10.0. The fraction of sp³-hybridized carbons (Fsp3) is 0. The Bertz CT molecular complexity index is 738. The lowest BCUT2D eigenvalue weighted by Gasteiger charge is -2.00. The van der Waals surface area contributed by atoms with E-state index in [1.54, 1.807) is 6.08 Å². The Kier molecular flexibility index (Phi) is 2.52. The number of aromatic nitrogens is 1. The summed E-state index contributed by atoms with van der Waals surface area (Å²) in [5.74, 6) is 0.553. The maximum Gasteiger partial charge on any atom is 0.242 e. The van der Waals surface area contributed by atoms with Crippen LogP contribution in [0.2, 0.25) is 0 Å². The van der Waals surface area contributed by atoms with Crippen LogP contribution < -0.4 is 0 Å². The molecular formula is C15H10N2O. The van der Waals surface area contributed by atoms with Crippen LogP contribution in [0.5, 0.6) is 0 Å². The molecular weight excluding hydrogens is 224 g/mol. The third-order valence-electron chi connectivity index (χ3n) is 2.91. The molecule has 0 bridgehead atoms. The first-order valence-corrected chi connectivity index (χ1v) is 5.64. The molecule has 3 aromatic rings. The first-order valence-electron chi connectivity index (χ1n) is 5.64. The van der Waals surface area contributed by atoms with E-state index >= 15 is 0 Å². The second-order valence-corrected chi connectivity index (χ2v) is 3.96. The highest BCUT2D eigenvalue weighted by atomic mass is 16.1. The van der Waals surface area contributed by atoms with Crippen LogP contribution in [0.25, 0.3) is 22.0 Å². The minimum Gasteiger partial charge on any atom is -0.338 e. The number of hydrogen-bond donors (Lipinski definition) is 1. The minimum absolute atomic E-state index is 0.553. The SMILES string of the molecule is O=C=Nc1[nH]c2ccccc2c1-c1ccccc1. The molecule has 3 nitrogen and oxygen atoms in total. The summed E-state index contributed by atoms with van der Waals surface area (Å²) in [5.41, 5.74) is 2.93. The molecule has 1 aromatic heterocycles. The highest BCUT2D eigenvalue weighted by Gasteiger charge is 2.12. The summed E-state index contributed by atoms with van der Waals surface area (Å²) in [4.78, 5) is 17.4. The van der Waals surface area contributed by atoms with Crippen molar-refractivity contribution in [3.05, 3.63) is 54.6 Å². The molecule has 0 saturated heterocycles. The van der Waals surface area contributed by atoms with Crippen LogP contribution in [0, 0.1) is 0 Å². The van der Waals surface area contributed by atoms with Gasteiger partial charge in [0, 0.05) is 16.5 Å². The zero-order chi connectivity index (χ0) is 12.4. The molecule has 0 fully saturated rings. The van der Waals surface area contributed by atoms with E-state index in [1.165, 1.54) is 0 Å². The fourth-order valence-corrected chi connectivity index (χ4v) is 2.15. The standard InChI is InChI=1S/C15H10N2O/c18-10-16-15-14(11-6-2-1-3-7-11)12-8-4-5-9-13(12)17-15/h1-9,17H. The van der Waals surface area contributed by atoms with Crippen LogP contribution in [0.15, 0.2) is 59.6 Å². The number of aromatic amines is 1. The number of carbonyl (C=O) groups excluding carboxylic acids is 1. The monoisotopic (exact) mass is 234 g/mol. The summed E-state index contributed by atoms with van der Waals surface area (Å²) in [6, 6.07) is 17.8. The molecule has 0 amide bonds. The van der Waals surface area contributed by atoms with Gasteiger partial charge in [0.2, 0.25) is 6.08 Å². The first-order chi connectivity index (χ1) is 8.90. The van der Waals surface area contributed by atoms with Crippen LogP contribution in [0.3, 0.4) is 0 Å². The van der Waals surface area contributed by atoms with E-state index in [4.69, 9.17) is 0 Å². The van der Waals surface area contributed by atoms with Gasteiger partial charge in [-0.25, -0.2) is 4.79 Å². The molecule has 0 radical (unpaired) electrons. The summed E-state index contributed by atoms with van der Waals surface area (Å²) < 4.78 is 0. The van der Waals surface area contributed by atoms with Crippen molar-refractivity contribution in [3.63, 3.8) is 0 Å². The molecule has 1 N–H and O–H groups in total. The van der Waals surface area contributed by atoms with E-state index in [0.29, 0.717) is 5.82 Å². The van der Waals surface area contributed by atoms with Crippen molar-refractivity contribution >= 4 is 22.8 Å². The van der Waals surface area contributed by atoms with Gasteiger partial charge in [0.1, 0.15) is 0 Å². The molecule has 0 spiro atoms. The quantitative estimate of drug-likeness (QED) is 0.532. The molecule has 0 aliphatic carbocycles. The van der Waals surface area contributed by atoms with Gasteiger partial charge in [0.05, 0.1) is 0 Å². The number of benzene rings is 2. The normalized spacial score (nSPS) is 10.2. The van der Waals surface area contributed by atoms with E-state index in [1.807, 2.05) is 54.6 Å². The van der Waals surface area contributed by atoms with Crippen LogP contribution >= 0.6 is 0 Å². The van der Waals surface area contributed by atoms with Crippen LogP contribution in [-0.4, -0.2) is 11.1 Å². The Morgan fingerprint density at radius 2 is 1.67 bits per heavy atom. The Labute approximate surface area is 104 Å². The molecule has 1 heterocycles. The van der Waals surface area contributed by atoms with Gasteiger partial charge in [-0.1, -0.05) is 48.5 Å². The first kappa shape index (κ1) is 10.5. The number of hydrogen-bond acceptors (Lipinski definition) is 2. The Morgan fingerprint density at radius 1 is 0.944 bits per heavy atom. The number of nitrogens with one attached hydrogen (secondary N) is 1. The molecule has 3 heteroatoms. The van der Waals surface area contributed by atoms with Crippen molar-refractivity contribution in [3.8, 4) is 11.1 Å². The van der Waals surface area contributed by atoms with E-state index in [0.717, 1.165) is 22.0 Å². The average molecular weight is 234 g/mol. The number of H-pyrrole nitrogens is 1. The second-order valence-electron chi connectivity index (χ2n) is 3.96. The average Bonchev–Trinajstić information content (AvgIpc) is 2.78. The van der Waals surface area contributed by atoms with Crippen molar-refractivity contribution < 1.29 is 4.79 Å². The van der Waals surface area contributed by atoms with Gasteiger partial charge in [-0.2, -0.15) is 0 Å². The third-order valence-corrected chi connectivity index (χ3v) is 2.91. The summed E-state index contributed by atoms with van der Waals surface area (Å²) in [7, 11) is 0. The predicted octanol–water partition coefficient (Wildman–Crippen LogP) is 3.80. The van der Waals surface area contributed by atoms with E-state index < -0.39 is 0 Å². The number of rotatable bonds is 2. The van der Waals surface area contributed by atoms with Crippen LogP contribution in [-0.2, 0) is 4.79 Å². The largest absolute Gasteiger partial charge is 0.338 e. The number of aliphatic imine (C=N–C) groups is 1. The van der Waals surface area contributed by atoms with Crippen LogP contribution in [0.1, 0.15) is 0 Å². The van der Waals surface area contributed by atoms with E-state index in [-0.39, 0.29) is 0 Å². The predicted molar refractivity (Wildman–Crippen MR) is 71.5 cm³/mol. The maximum absolute atomic E-state index is 10.5. The van der Waals surface area contributed by atoms with E-state index in [9.17, 15) is 4.79 Å². The maximum atomic E-state index is 10.5. The van der Waals surface area contributed by atoms with Gasteiger partial charge in [-0.15, -0.1) is 4.99 Å². The number of nitrogens with zero attached hydrogens (tertiary/aromatic N) is 1. The number of isocyanates is 1. The number of para-hydroxylation sites is 1. The number of fused-ring (bicyclic) bond motifs is 1. The lowest BCUT2D eigenvalue weighted by molar-refractivity contribution is 0.565. The summed E-state index contributed by atoms with van der Waals surface area (Å²) in [6.07, 6.45) is 1.60. The molecule has 0 aliphatic heterocycles. The molecule has 2 aromatic carbocycles. The summed E-state index contributed by atoms with van der Waals surface area (Å²) in [6.45, 7) is 0. The van der Waals surface area contributed by atoms with Crippen LogP contribution in [0.4, 0.5) is 5.82 Å². The van der Waals surface area contributed by atoms with Gasteiger partial charge in [0.15, 0.2) is 5.82 Å². The molecule has 3 rings (SSSR count). The topological polar surface area (TPSA) is 45.2 Å². The Balaban J connectivity index is 2.38. The van der Waals surface area contributed by atoms with E-state index in [2.05, 4.69) is 9.98 Å². The zero-order valence-electron chi connectivity index (χ0n) is 9.55. The second kappa shape index (κ2) is 4.32. The molecule has 0 atom stereocenters. The molecule has 18 heavy (non-hydrogen) atoms. The molecule has 0 saturated carbocycles. The lowest BCUT2D eigenvalue weighted by Crippen LogP contribution is -1.75. The van der Waals surface area contributed by atoms with Crippen molar-refractivity contribution in [2.45, 2.75) is 0 Å². The highest BCUT2D eigenvalue weighted by Crippen LogP contribution is 2.36.